The van der Waals surface area contributed by atoms with E-state index in [4.69, 9.17) is 16.3 Å². The molecule has 0 bridgehead atoms. The van der Waals surface area contributed by atoms with E-state index in [1.807, 2.05) is 27.7 Å². The molecule has 220 valence electrons. The molecule has 10 heteroatoms. The summed E-state index contributed by atoms with van der Waals surface area (Å²) in [6.07, 6.45) is 0.336. The summed E-state index contributed by atoms with van der Waals surface area (Å²) < 4.78 is 34.6. The van der Waals surface area contributed by atoms with Crippen LogP contribution < -0.4 is 14.4 Å². The van der Waals surface area contributed by atoms with Crippen LogP contribution >= 0.6 is 11.6 Å². The lowest BCUT2D eigenvalue weighted by molar-refractivity contribution is -0.140. The molecule has 3 aromatic rings. The summed E-state index contributed by atoms with van der Waals surface area (Å²) in [6.45, 7) is 7.65. The molecular formula is C31H38ClN3O5S. The minimum Gasteiger partial charge on any atom is -0.495 e. The molecule has 1 atom stereocenters. The Kier molecular flexibility index (Phi) is 11.2. The summed E-state index contributed by atoms with van der Waals surface area (Å²) in [7, 11) is -2.76. The number of benzene rings is 3. The van der Waals surface area contributed by atoms with Gasteiger partial charge in [0.25, 0.3) is 10.0 Å². The number of sulfonamides is 1. The van der Waals surface area contributed by atoms with Crippen LogP contribution in [0.3, 0.4) is 0 Å². The Morgan fingerprint density at radius 1 is 0.976 bits per heavy atom. The Bertz CT molecular complexity index is 1430. The summed E-state index contributed by atoms with van der Waals surface area (Å²) in [4.78, 5) is 28.9. The number of rotatable bonds is 13. The summed E-state index contributed by atoms with van der Waals surface area (Å²) in [5, 5.41) is 3.46. The number of nitrogens with one attached hydrogen (secondary N) is 1. The molecule has 0 fully saturated rings. The number of para-hydroxylation sites is 2. The SMILES string of the molecule is CCC(C(=O)NCC(C)C)N(Cc1ccc(Cl)cc1)C(=O)CN(c1ccccc1OC)S(=O)(=O)c1ccc(C)cc1. The molecule has 1 unspecified atom stereocenters. The third kappa shape index (κ3) is 8.24. The van der Waals surface area contributed by atoms with Crippen LogP contribution in [0.25, 0.3) is 0 Å². The number of aryl methyl sites for hydroxylation is 1. The van der Waals surface area contributed by atoms with Gasteiger partial charge in [-0.05, 0) is 61.2 Å². The fourth-order valence-electron chi connectivity index (χ4n) is 4.32. The molecular weight excluding hydrogens is 562 g/mol. The number of hydrogen-bond donors (Lipinski definition) is 1. The molecule has 8 nitrogen and oxygen atoms in total. The molecule has 0 aliphatic heterocycles. The highest BCUT2D eigenvalue weighted by Crippen LogP contribution is 2.32. The third-order valence-electron chi connectivity index (χ3n) is 6.58. The van der Waals surface area contributed by atoms with E-state index >= 15 is 0 Å². The highest BCUT2D eigenvalue weighted by atomic mass is 35.5. The summed E-state index contributed by atoms with van der Waals surface area (Å²) >= 11 is 6.08. The van der Waals surface area contributed by atoms with E-state index < -0.39 is 28.5 Å². The first-order valence-electron chi connectivity index (χ1n) is 13.5. The van der Waals surface area contributed by atoms with Crippen LogP contribution in [0.2, 0.25) is 5.02 Å². The Morgan fingerprint density at radius 2 is 1.61 bits per heavy atom. The molecule has 0 radical (unpaired) electrons. The van der Waals surface area contributed by atoms with Gasteiger partial charge in [-0.3, -0.25) is 13.9 Å². The molecule has 0 aromatic heterocycles. The lowest BCUT2D eigenvalue weighted by atomic mass is 10.1. The number of nitrogens with zero attached hydrogens (tertiary/aromatic N) is 2. The summed E-state index contributed by atoms with van der Waals surface area (Å²) in [5.74, 6) is -0.318. The normalized spacial score (nSPS) is 12.1. The number of halogens is 1. The van der Waals surface area contributed by atoms with Gasteiger partial charge >= 0.3 is 0 Å². The topological polar surface area (TPSA) is 96.0 Å². The molecule has 0 spiro atoms. The van der Waals surface area contributed by atoms with Crippen LogP contribution in [-0.4, -0.2) is 51.4 Å². The first-order chi connectivity index (χ1) is 19.5. The van der Waals surface area contributed by atoms with Gasteiger partial charge in [0.1, 0.15) is 18.3 Å². The minimum absolute atomic E-state index is 0.0350. The van der Waals surface area contributed by atoms with Crippen molar-refractivity contribution < 1.29 is 22.7 Å². The van der Waals surface area contributed by atoms with Crippen LogP contribution in [0.4, 0.5) is 5.69 Å². The molecule has 2 amide bonds. The molecule has 0 saturated carbocycles. The quantitative estimate of drug-likeness (QED) is 0.283. The Hall–Kier alpha value is -3.56. The lowest BCUT2D eigenvalue weighted by Gasteiger charge is -2.33. The zero-order valence-corrected chi connectivity index (χ0v) is 25.7. The van der Waals surface area contributed by atoms with Gasteiger partial charge in [-0.1, -0.05) is 74.3 Å². The molecule has 0 aliphatic rings. The predicted molar refractivity (Wildman–Crippen MR) is 163 cm³/mol. The van der Waals surface area contributed by atoms with E-state index in [0.717, 1.165) is 15.4 Å². The highest BCUT2D eigenvalue weighted by molar-refractivity contribution is 7.92. The summed E-state index contributed by atoms with van der Waals surface area (Å²) in [5.41, 5.74) is 1.87. The predicted octanol–water partition coefficient (Wildman–Crippen LogP) is 5.43. The molecule has 1 N–H and O–H groups in total. The maximum atomic E-state index is 14.1. The molecule has 41 heavy (non-hydrogen) atoms. The van der Waals surface area contributed by atoms with E-state index in [-0.39, 0.29) is 29.0 Å². The second-order valence-corrected chi connectivity index (χ2v) is 12.5. The van der Waals surface area contributed by atoms with E-state index in [1.165, 1.54) is 24.1 Å². The average molecular weight is 600 g/mol. The smallest absolute Gasteiger partial charge is 0.264 e. The molecule has 0 aliphatic carbocycles. The maximum Gasteiger partial charge on any atom is 0.264 e. The van der Waals surface area contributed by atoms with Crippen molar-refractivity contribution in [3.63, 3.8) is 0 Å². The van der Waals surface area contributed by atoms with Gasteiger partial charge in [0.2, 0.25) is 11.8 Å². The van der Waals surface area contributed by atoms with Gasteiger partial charge in [-0.2, -0.15) is 0 Å². The number of carbonyl (C=O) groups excluding carboxylic acids is 2. The zero-order chi connectivity index (χ0) is 30.2. The Balaban J connectivity index is 2.08. The van der Waals surface area contributed by atoms with Crippen LogP contribution in [0.1, 0.15) is 38.3 Å². The van der Waals surface area contributed by atoms with Crippen molar-refractivity contribution in [2.75, 3.05) is 24.5 Å². The van der Waals surface area contributed by atoms with Gasteiger partial charge in [0.15, 0.2) is 0 Å². The number of anilines is 1. The van der Waals surface area contributed by atoms with Crippen molar-refractivity contribution in [3.8, 4) is 5.75 Å². The van der Waals surface area contributed by atoms with Gasteiger partial charge in [0.05, 0.1) is 17.7 Å². The van der Waals surface area contributed by atoms with Gasteiger partial charge in [-0.15, -0.1) is 0 Å². The van der Waals surface area contributed by atoms with Crippen LogP contribution in [0.15, 0.2) is 77.7 Å². The van der Waals surface area contributed by atoms with Crippen molar-refractivity contribution in [3.05, 3.63) is 88.9 Å². The lowest BCUT2D eigenvalue weighted by Crippen LogP contribution is -2.52. The van der Waals surface area contributed by atoms with E-state index in [1.54, 1.807) is 60.7 Å². The molecule has 0 saturated heterocycles. The first-order valence-corrected chi connectivity index (χ1v) is 15.3. The number of ether oxygens (including phenoxy) is 1. The number of amides is 2. The third-order valence-corrected chi connectivity index (χ3v) is 8.60. The fraction of sp³-hybridized carbons (Fsp3) is 0.355. The maximum absolute atomic E-state index is 14.1. The van der Waals surface area contributed by atoms with Crippen molar-refractivity contribution in [2.45, 2.75) is 51.6 Å². The second kappa shape index (κ2) is 14.4. The van der Waals surface area contributed by atoms with Crippen LogP contribution in [0.5, 0.6) is 5.75 Å². The molecule has 3 aromatic carbocycles. The largest absolute Gasteiger partial charge is 0.495 e. The second-order valence-electron chi connectivity index (χ2n) is 10.2. The average Bonchev–Trinajstić information content (AvgIpc) is 2.95. The van der Waals surface area contributed by atoms with Crippen molar-refractivity contribution in [2.24, 2.45) is 5.92 Å². The number of carbonyl (C=O) groups is 2. The van der Waals surface area contributed by atoms with E-state index in [9.17, 15) is 18.0 Å². The van der Waals surface area contributed by atoms with Crippen molar-refractivity contribution in [1.82, 2.24) is 10.2 Å². The van der Waals surface area contributed by atoms with Crippen molar-refractivity contribution in [1.29, 1.82) is 0 Å². The first kappa shape index (κ1) is 32.0. The Labute approximate surface area is 248 Å². The monoisotopic (exact) mass is 599 g/mol. The van der Waals surface area contributed by atoms with E-state index in [2.05, 4.69) is 5.32 Å². The fourth-order valence-corrected chi connectivity index (χ4v) is 5.87. The van der Waals surface area contributed by atoms with Gasteiger partial charge in [-0.25, -0.2) is 8.42 Å². The molecule has 3 rings (SSSR count). The summed E-state index contributed by atoms with van der Waals surface area (Å²) in [6, 6.07) is 19.2. The van der Waals surface area contributed by atoms with Gasteiger partial charge in [0, 0.05) is 18.1 Å². The van der Waals surface area contributed by atoms with Gasteiger partial charge < -0.3 is 15.0 Å². The Morgan fingerprint density at radius 3 is 2.20 bits per heavy atom. The number of hydrogen-bond acceptors (Lipinski definition) is 5. The zero-order valence-electron chi connectivity index (χ0n) is 24.1. The van der Waals surface area contributed by atoms with Crippen LogP contribution in [0, 0.1) is 12.8 Å². The number of methoxy groups -OCH3 is 1. The van der Waals surface area contributed by atoms with E-state index in [0.29, 0.717) is 23.7 Å². The minimum atomic E-state index is -4.20. The highest BCUT2D eigenvalue weighted by Gasteiger charge is 2.34. The van der Waals surface area contributed by atoms with Crippen molar-refractivity contribution >= 4 is 39.1 Å². The standard InChI is InChI=1S/C31H38ClN3O5S/c1-6-27(31(37)33-19-22(2)3)34(20-24-13-15-25(32)16-14-24)30(36)21-35(28-9-7-8-10-29(28)40-5)41(38,39)26-17-11-23(4)12-18-26/h7-18,22,27H,6,19-21H2,1-5H3,(H,33,37). The molecule has 0 heterocycles. The van der Waals surface area contributed by atoms with Crippen LogP contribution in [-0.2, 0) is 26.2 Å².